The zero-order chi connectivity index (χ0) is 24.5. The Labute approximate surface area is 192 Å². The van der Waals surface area contributed by atoms with Crippen LogP contribution in [0.2, 0.25) is 0 Å². The highest BCUT2D eigenvalue weighted by Crippen LogP contribution is 2.33. The van der Waals surface area contributed by atoms with Crippen LogP contribution in [-0.2, 0) is 15.1 Å². The minimum atomic E-state index is -1.43. The maximum atomic E-state index is 13.1. The molecular formula is C24H28N4O5. The van der Waals surface area contributed by atoms with E-state index in [1.165, 1.54) is 31.2 Å². The highest BCUT2D eigenvalue weighted by Gasteiger charge is 2.49. The van der Waals surface area contributed by atoms with E-state index in [0.717, 1.165) is 16.0 Å². The van der Waals surface area contributed by atoms with Crippen molar-refractivity contribution >= 4 is 29.2 Å². The summed E-state index contributed by atoms with van der Waals surface area (Å²) < 4.78 is 0. The number of hydrogen-bond donors (Lipinski definition) is 2. The average molecular weight is 453 g/mol. The molecule has 2 aromatic carbocycles. The summed E-state index contributed by atoms with van der Waals surface area (Å²) in [4.78, 5) is 49.9. The number of imide groups is 1. The Morgan fingerprint density at radius 2 is 1.61 bits per heavy atom. The number of nitro groups is 1. The van der Waals surface area contributed by atoms with Gasteiger partial charge >= 0.3 is 6.03 Å². The van der Waals surface area contributed by atoms with E-state index in [0.29, 0.717) is 11.3 Å². The predicted molar refractivity (Wildman–Crippen MR) is 124 cm³/mol. The van der Waals surface area contributed by atoms with E-state index >= 15 is 0 Å². The van der Waals surface area contributed by atoms with Gasteiger partial charge < -0.3 is 10.6 Å². The first-order chi connectivity index (χ1) is 15.5. The number of carbonyl (C=O) groups excluding carboxylic acids is 3. The molecule has 4 amide bonds. The molecule has 33 heavy (non-hydrogen) atoms. The van der Waals surface area contributed by atoms with E-state index in [2.05, 4.69) is 10.6 Å². The van der Waals surface area contributed by atoms with Crippen LogP contribution >= 0.6 is 0 Å². The largest absolute Gasteiger partial charge is 0.325 e. The lowest BCUT2D eigenvalue weighted by molar-refractivity contribution is -0.384. The van der Waals surface area contributed by atoms with Crippen molar-refractivity contribution in [2.24, 2.45) is 0 Å². The second-order valence-electron chi connectivity index (χ2n) is 8.92. The molecule has 0 aromatic heterocycles. The number of anilines is 1. The van der Waals surface area contributed by atoms with Crippen molar-refractivity contribution < 1.29 is 19.3 Å². The number of nitrogens with one attached hydrogen (secondary N) is 2. The van der Waals surface area contributed by atoms with E-state index in [9.17, 15) is 24.5 Å². The highest BCUT2D eigenvalue weighted by atomic mass is 16.6. The van der Waals surface area contributed by atoms with E-state index in [-0.39, 0.29) is 17.5 Å². The van der Waals surface area contributed by atoms with Crippen LogP contribution < -0.4 is 10.6 Å². The third-order valence-electron chi connectivity index (χ3n) is 5.87. The summed E-state index contributed by atoms with van der Waals surface area (Å²) >= 11 is 0. The number of carbonyl (C=O) groups is 3. The highest BCUT2D eigenvalue weighted by molar-refractivity contribution is 6.10. The Morgan fingerprint density at radius 1 is 1.06 bits per heavy atom. The number of non-ortho nitro benzene ring substituents is 1. The summed E-state index contributed by atoms with van der Waals surface area (Å²) in [6, 6.07) is 10.5. The molecule has 0 unspecified atom stereocenters. The van der Waals surface area contributed by atoms with Gasteiger partial charge in [-0.1, -0.05) is 45.9 Å². The van der Waals surface area contributed by atoms with Crippen molar-refractivity contribution in [3.05, 3.63) is 69.3 Å². The fourth-order valence-corrected chi connectivity index (χ4v) is 3.97. The molecule has 0 saturated carbocycles. The molecule has 0 spiro atoms. The maximum Gasteiger partial charge on any atom is 0.325 e. The van der Waals surface area contributed by atoms with Gasteiger partial charge in [0.15, 0.2) is 0 Å². The van der Waals surface area contributed by atoms with Crippen LogP contribution in [0.5, 0.6) is 0 Å². The number of benzene rings is 2. The van der Waals surface area contributed by atoms with E-state index in [4.69, 9.17) is 0 Å². The van der Waals surface area contributed by atoms with Gasteiger partial charge in [0, 0.05) is 17.8 Å². The predicted octanol–water partition coefficient (Wildman–Crippen LogP) is 4.25. The smallest absolute Gasteiger partial charge is 0.324 e. The van der Waals surface area contributed by atoms with E-state index in [1.807, 2.05) is 45.9 Å². The van der Waals surface area contributed by atoms with Crippen LogP contribution in [0.3, 0.4) is 0 Å². The van der Waals surface area contributed by atoms with Gasteiger partial charge in [-0.2, -0.15) is 0 Å². The molecule has 0 aliphatic carbocycles. The molecule has 174 valence electrons. The molecule has 3 rings (SSSR count). The minimum absolute atomic E-state index is 0.125. The summed E-state index contributed by atoms with van der Waals surface area (Å²) in [5, 5.41) is 16.4. The molecule has 2 aromatic rings. The van der Waals surface area contributed by atoms with Crippen molar-refractivity contribution in [3.8, 4) is 0 Å². The van der Waals surface area contributed by atoms with Crippen LogP contribution in [0.1, 0.15) is 63.1 Å². The third-order valence-corrected chi connectivity index (χ3v) is 5.87. The van der Waals surface area contributed by atoms with Crippen molar-refractivity contribution in [1.29, 1.82) is 0 Å². The molecule has 1 saturated heterocycles. The summed E-state index contributed by atoms with van der Waals surface area (Å²) in [5.74, 6) is -0.749. The summed E-state index contributed by atoms with van der Waals surface area (Å²) in [6.07, 6.45) is 0. The van der Waals surface area contributed by atoms with Gasteiger partial charge in [-0.15, -0.1) is 0 Å². The first-order valence-corrected chi connectivity index (χ1v) is 10.8. The van der Waals surface area contributed by atoms with Gasteiger partial charge in [-0.05, 0) is 47.6 Å². The topological polar surface area (TPSA) is 122 Å². The summed E-state index contributed by atoms with van der Waals surface area (Å²) in [6.45, 7) is 9.18. The number of hydrogen-bond acceptors (Lipinski definition) is 5. The molecule has 1 heterocycles. The van der Waals surface area contributed by atoms with Gasteiger partial charge in [0.2, 0.25) is 5.91 Å². The van der Waals surface area contributed by atoms with Crippen LogP contribution in [0.4, 0.5) is 16.2 Å². The van der Waals surface area contributed by atoms with Crippen molar-refractivity contribution in [3.63, 3.8) is 0 Å². The Bertz CT molecular complexity index is 1080. The van der Waals surface area contributed by atoms with E-state index < -0.39 is 34.9 Å². The fraction of sp³-hybridized carbons (Fsp3) is 0.375. The molecular weight excluding hydrogens is 424 g/mol. The Hall–Kier alpha value is -3.75. The zero-order valence-corrected chi connectivity index (χ0v) is 19.3. The van der Waals surface area contributed by atoms with Gasteiger partial charge in [0.1, 0.15) is 12.1 Å². The summed E-state index contributed by atoms with van der Waals surface area (Å²) in [7, 11) is 0. The molecule has 1 atom stereocenters. The third kappa shape index (κ3) is 4.57. The monoisotopic (exact) mass is 452 g/mol. The second kappa shape index (κ2) is 9.01. The minimum Gasteiger partial charge on any atom is -0.324 e. The molecule has 0 bridgehead atoms. The van der Waals surface area contributed by atoms with Crippen molar-refractivity contribution in [2.75, 3.05) is 11.9 Å². The summed E-state index contributed by atoms with van der Waals surface area (Å²) in [5.41, 5.74) is 1.50. The number of para-hydroxylation sites is 1. The zero-order valence-electron chi connectivity index (χ0n) is 19.3. The Morgan fingerprint density at radius 3 is 2.09 bits per heavy atom. The second-order valence-corrected chi connectivity index (χ2v) is 8.92. The molecule has 1 aliphatic heterocycles. The standard InChI is InChI=1S/C24H28N4O5/c1-14(2)18-7-6-8-19(15(3)4)21(18)25-20(29)13-27-22(30)24(5,26-23(27)31)16-9-11-17(12-10-16)28(32)33/h6-12,14-15H,13H2,1-5H3,(H,25,29)(H,26,31)/t24-/m0/s1. The SMILES string of the molecule is CC(C)c1cccc(C(C)C)c1NC(=O)CN1C(=O)N[C@@](C)(c2ccc([N+](=O)[O-])cc2)C1=O. The van der Waals surface area contributed by atoms with E-state index in [1.54, 1.807) is 0 Å². The molecule has 9 heteroatoms. The van der Waals surface area contributed by atoms with Crippen molar-refractivity contribution in [1.82, 2.24) is 10.2 Å². The number of urea groups is 1. The first kappa shape index (κ1) is 23.9. The lowest BCUT2D eigenvalue weighted by Crippen LogP contribution is -2.42. The lowest BCUT2D eigenvalue weighted by atomic mass is 9.92. The maximum absolute atomic E-state index is 13.1. The Balaban J connectivity index is 1.82. The fourth-order valence-electron chi connectivity index (χ4n) is 3.97. The first-order valence-electron chi connectivity index (χ1n) is 10.8. The number of nitrogens with zero attached hydrogens (tertiary/aromatic N) is 2. The Kier molecular flexibility index (Phi) is 6.53. The molecule has 9 nitrogen and oxygen atoms in total. The van der Waals surface area contributed by atoms with Crippen LogP contribution in [0.25, 0.3) is 0 Å². The van der Waals surface area contributed by atoms with Gasteiger partial charge in [0.25, 0.3) is 11.6 Å². The number of nitro benzene ring substituents is 1. The van der Waals surface area contributed by atoms with Gasteiger partial charge in [-0.3, -0.25) is 24.6 Å². The lowest BCUT2D eigenvalue weighted by Gasteiger charge is -2.23. The van der Waals surface area contributed by atoms with Gasteiger partial charge in [0.05, 0.1) is 4.92 Å². The quantitative estimate of drug-likeness (QED) is 0.369. The molecule has 1 aliphatic rings. The van der Waals surface area contributed by atoms with Crippen LogP contribution in [0, 0.1) is 10.1 Å². The average Bonchev–Trinajstić information content (AvgIpc) is 2.97. The van der Waals surface area contributed by atoms with Crippen LogP contribution in [-0.4, -0.2) is 34.2 Å². The molecule has 0 radical (unpaired) electrons. The van der Waals surface area contributed by atoms with Crippen LogP contribution in [0.15, 0.2) is 42.5 Å². The van der Waals surface area contributed by atoms with Gasteiger partial charge in [-0.25, -0.2) is 4.79 Å². The molecule has 1 fully saturated rings. The number of amides is 4. The number of rotatable bonds is 7. The normalized spacial score (nSPS) is 18.1. The molecule has 2 N–H and O–H groups in total. The van der Waals surface area contributed by atoms with Crippen molar-refractivity contribution in [2.45, 2.75) is 52.0 Å².